The maximum Gasteiger partial charge on any atom is 0.294 e. The molecular weight excluding hydrogens is 230 g/mol. The Bertz CT molecular complexity index is 581. The molecule has 0 radical (unpaired) electrons. The molecule has 0 saturated heterocycles. The van der Waals surface area contributed by atoms with E-state index in [0.29, 0.717) is 11.4 Å². The van der Waals surface area contributed by atoms with Crippen molar-refractivity contribution in [2.24, 2.45) is 0 Å². The Kier molecular flexibility index (Phi) is 2.63. The predicted octanol–water partition coefficient (Wildman–Crippen LogP) is 0.785. The second-order valence-electron chi connectivity index (χ2n) is 2.96. The highest BCUT2D eigenvalue weighted by molar-refractivity contribution is 7.85. The van der Waals surface area contributed by atoms with E-state index in [-0.39, 0.29) is 4.90 Å². The Labute approximate surface area is 91.8 Å². The Morgan fingerprint density at radius 2 is 1.56 bits per heavy atom. The van der Waals surface area contributed by atoms with E-state index in [2.05, 4.69) is 15.0 Å². The summed E-state index contributed by atoms with van der Waals surface area (Å²) in [5, 5.41) is 0. The van der Waals surface area contributed by atoms with Crippen LogP contribution in [0.25, 0.3) is 11.4 Å². The minimum absolute atomic E-state index is 0.162. The number of rotatable bonds is 2. The van der Waals surface area contributed by atoms with Crippen molar-refractivity contribution in [3.8, 4) is 11.4 Å². The molecule has 1 N–H and O–H groups in total. The minimum Gasteiger partial charge on any atom is -0.282 e. The lowest BCUT2D eigenvalue weighted by atomic mass is 10.2. The smallest absolute Gasteiger partial charge is 0.282 e. The molecule has 2 rings (SSSR count). The van der Waals surface area contributed by atoms with Gasteiger partial charge in [-0.25, -0.2) is 15.0 Å². The first kappa shape index (κ1) is 10.7. The van der Waals surface area contributed by atoms with Crippen molar-refractivity contribution in [2.45, 2.75) is 4.90 Å². The molecule has 0 saturated carbocycles. The first-order chi connectivity index (χ1) is 7.57. The fourth-order valence-corrected chi connectivity index (χ4v) is 1.64. The summed E-state index contributed by atoms with van der Waals surface area (Å²) in [6.45, 7) is 0. The van der Waals surface area contributed by atoms with Crippen LogP contribution in [-0.4, -0.2) is 27.9 Å². The molecule has 0 aliphatic heterocycles. The van der Waals surface area contributed by atoms with Crippen LogP contribution < -0.4 is 0 Å². The van der Waals surface area contributed by atoms with Gasteiger partial charge in [-0.1, -0.05) is 0 Å². The third-order valence-electron chi connectivity index (χ3n) is 1.90. The molecule has 1 heterocycles. The van der Waals surface area contributed by atoms with Crippen LogP contribution in [0.4, 0.5) is 0 Å². The predicted molar refractivity (Wildman–Crippen MR) is 55.1 cm³/mol. The molecule has 0 aliphatic rings. The Morgan fingerprint density at radius 3 is 2.06 bits per heavy atom. The monoisotopic (exact) mass is 237 g/mol. The number of hydrogen-bond acceptors (Lipinski definition) is 5. The zero-order valence-corrected chi connectivity index (χ0v) is 8.79. The van der Waals surface area contributed by atoms with Crippen LogP contribution in [0.5, 0.6) is 0 Å². The van der Waals surface area contributed by atoms with Gasteiger partial charge in [-0.05, 0) is 24.3 Å². The quantitative estimate of drug-likeness (QED) is 0.776. The SMILES string of the molecule is O=S(=O)(O)c1ccc(-c2ncncn2)cc1. The summed E-state index contributed by atoms with van der Waals surface area (Å²) in [5.41, 5.74) is 0.648. The molecule has 0 fully saturated rings. The van der Waals surface area contributed by atoms with E-state index < -0.39 is 10.1 Å². The fraction of sp³-hybridized carbons (Fsp3) is 0. The number of nitrogens with zero attached hydrogens (tertiary/aromatic N) is 3. The van der Waals surface area contributed by atoms with E-state index in [9.17, 15) is 8.42 Å². The highest BCUT2D eigenvalue weighted by Gasteiger charge is 2.09. The summed E-state index contributed by atoms with van der Waals surface area (Å²) >= 11 is 0. The van der Waals surface area contributed by atoms with Crippen LogP contribution in [0, 0.1) is 0 Å². The van der Waals surface area contributed by atoms with Crippen molar-refractivity contribution in [3.63, 3.8) is 0 Å². The van der Waals surface area contributed by atoms with Crippen molar-refractivity contribution in [3.05, 3.63) is 36.9 Å². The molecule has 0 amide bonds. The van der Waals surface area contributed by atoms with Crippen LogP contribution >= 0.6 is 0 Å². The van der Waals surface area contributed by atoms with Crippen molar-refractivity contribution in [1.82, 2.24) is 15.0 Å². The maximum atomic E-state index is 10.8. The fourth-order valence-electron chi connectivity index (χ4n) is 1.16. The van der Waals surface area contributed by atoms with Gasteiger partial charge in [-0.15, -0.1) is 0 Å². The average Bonchev–Trinajstić information content (AvgIpc) is 2.29. The lowest BCUT2D eigenvalue weighted by Gasteiger charge is -2.00. The van der Waals surface area contributed by atoms with Gasteiger partial charge in [0, 0.05) is 5.56 Å². The maximum absolute atomic E-state index is 10.8. The van der Waals surface area contributed by atoms with E-state index in [0.717, 1.165) is 0 Å². The van der Waals surface area contributed by atoms with Crippen molar-refractivity contribution in [2.75, 3.05) is 0 Å². The van der Waals surface area contributed by atoms with Gasteiger partial charge in [0.15, 0.2) is 5.82 Å². The molecular formula is C9H7N3O3S. The van der Waals surface area contributed by atoms with E-state index >= 15 is 0 Å². The van der Waals surface area contributed by atoms with E-state index in [1.807, 2.05) is 0 Å². The van der Waals surface area contributed by atoms with Crippen LogP contribution in [0.15, 0.2) is 41.8 Å². The minimum atomic E-state index is -4.15. The van der Waals surface area contributed by atoms with Gasteiger partial charge < -0.3 is 0 Å². The van der Waals surface area contributed by atoms with Crippen LogP contribution in [0.2, 0.25) is 0 Å². The average molecular weight is 237 g/mol. The van der Waals surface area contributed by atoms with E-state index in [1.54, 1.807) is 0 Å². The lowest BCUT2D eigenvalue weighted by Crippen LogP contribution is -1.97. The van der Waals surface area contributed by atoms with E-state index in [4.69, 9.17) is 4.55 Å². The molecule has 16 heavy (non-hydrogen) atoms. The highest BCUT2D eigenvalue weighted by atomic mass is 32.2. The summed E-state index contributed by atoms with van der Waals surface area (Å²) < 4.78 is 30.4. The summed E-state index contributed by atoms with van der Waals surface area (Å²) in [7, 11) is -4.15. The number of aromatic nitrogens is 3. The van der Waals surface area contributed by atoms with Crippen LogP contribution in [-0.2, 0) is 10.1 Å². The standard InChI is InChI=1S/C9H7N3O3S/c13-16(14,15)8-3-1-7(2-4-8)9-11-5-10-6-12-9/h1-6H,(H,13,14,15). The Balaban J connectivity index is 2.41. The van der Waals surface area contributed by atoms with Gasteiger partial charge in [-0.2, -0.15) is 8.42 Å². The Hall–Kier alpha value is -1.86. The molecule has 82 valence electrons. The van der Waals surface area contributed by atoms with Crippen molar-refractivity contribution < 1.29 is 13.0 Å². The molecule has 2 aromatic rings. The van der Waals surface area contributed by atoms with Crippen molar-refractivity contribution >= 4 is 10.1 Å². The Morgan fingerprint density at radius 1 is 1.00 bits per heavy atom. The summed E-state index contributed by atoms with van der Waals surface area (Å²) in [4.78, 5) is 11.3. The third-order valence-corrected chi connectivity index (χ3v) is 2.77. The normalized spacial score (nSPS) is 11.3. The largest absolute Gasteiger partial charge is 0.294 e. The molecule has 1 aromatic carbocycles. The molecule has 0 bridgehead atoms. The first-order valence-electron chi connectivity index (χ1n) is 4.27. The summed E-state index contributed by atoms with van der Waals surface area (Å²) in [6.07, 6.45) is 2.69. The molecule has 7 heteroatoms. The van der Waals surface area contributed by atoms with Gasteiger partial charge >= 0.3 is 0 Å². The molecule has 0 atom stereocenters. The molecule has 6 nitrogen and oxygen atoms in total. The topological polar surface area (TPSA) is 93.0 Å². The second kappa shape index (κ2) is 3.95. The number of hydrogen-bond donors (Lipinski definition) is 1. The molecule has 0 unspecified atom stereocenters. The molecule has 0 spiro atoms. The highest BCUT2D eigenvalue weighted by Crippen LogP contribution is 2.16. The third kappa shape index (κ3) is 2.20. The van der Waals surface area contributed by atoms with Gasteiger partial charge in [0.05, 0.1) is 4.90 Å². The van der Waals surface area contributed by atoms with Gasteiger partial charge in [0.1, 0.15) is 12.7 Å². The second-order valence-corrected chi connectivity index (χ2v) is 4.38. The van der Waals surface area contributed by atoms with Crippen LogP contribution in [0.1, 0.15) is 0 Å². The van der Waals surface area contributed by atoms with Gasteiger partial charge in [-0.3, -0.25) is 4.55 Å². The lowest BCUT2D eigenvalue weighted by molar-refractivity contribution is 0.483. The first-order valence-corrected chi connectivity index (χ1v) is 5.71. The zero-order chi connectivity index (χ0) is 11.6. The molecule has 1 aromatic heterocycles. The van der Waals surface area contributed by atoms with Crippen LogP contribution in [0.3, 0.4) is 0 Å². The number of benzene rings is 1. The van der Waals surface area contributed by atoms with Crippen molar-refractivity contribution in [1.29, 1.82) is 0 Å². The van der Waals surface area contributed by atoms with Gasteiger partial charge in [0.2, 0.25) is 0 Å². The summed E-state index contributed by atoms with van der Waals surface area (Å²) in [6, 6.07) is 5.60. The summed E-state index contributed by atoms with van der Waals surface area (Å²) in [5.74, 6) is 0.442. The zero-order valence-electron chi connectivity index (χ0n) is 7.98. The van der Waals surface area contributed by atoms with E-state index in [1.165, 1.54) is 36.9 Å². The van der Waals surface area contributed by atoms with Gasteiger partial charge in [0.25, 0.3) is 10.1 Å². The molecule has 0 aliphatic carbocycles.